The van der Waals surface area contributed by atoms with Crippen molar-refractivity contribution < 1.29 is 0 Å². The summed E-state index contributed by atoms with van der Waals surface area (Å²) in [5.41, 5.74) is 11.4. The van der Waals surface area contributed by atoms with Gasteiger partial charge >= 0.3 is 0 Å². The molecule has 1 heterocycles. The summed E-state index contributed by atoms with van der Waals surface area (Å²) in [6.07, 6.45) is 0. The van der Waals surface area contributed by atoms with Crippen molar-refractivity contribution in [3.63, 3.8) is 0 Å². The van der Waals surface area contributed by atoms with E-state index in [9.17, 15) is 0 Å². The summed E-state index contributed by atoms with van der Waals surface area (Å²) in [7, 11) is 0. The Labute approximate surface area is 194 Å². The molecule has 0 aliphatic carbocycles. The first-order valence-electron chi connectivity index (χ1n) is 11.5. The molecule has 0 N–H and O–H groups in total. The Hall–Kier alpha value is -4.10. The number of aromatic nitrogens is 1. The van der Waals surface area contributed by atoms with Crippen LogP contribution in [0.4, 0.5) is 0 Å². The smallest absolute Gasteiger partial charge is 0.0547 e. The molecule has 0 saturated heterocycles. The van der Waals surface area contributed by atoms with E-state index in [1.165, 1.54) is 60.9 Å². The number of hydrogen-bond donors (Lipinski definition) is 0. The van der Waals surface area contributed by atoms with E-state index in [1.807, 2.05) is 0 Å². The molecule has 0 saturated carbocycles. The minimum atomic E-state index is 1.19. The van der Waals surface area contributed by atoms with Crippen LogP contribution in [-0.4, -0.2) is 4.57 Å². The quantitative estimate of drug-likeness (QED) is 0.268. The lowest BCUT2D eigenvalue weighted by molar-refractivity contribution is 1.18. The zero-order valence-electron chi connectivity index (χ0n) is 18.9. The third kappa shape index (κ3) is 3.25. The largest absolute Gasteiger partial charge is 0.309 e. The van der Waals surface area contributed by atoms with E-state index < -0.39 is 0 Å². The highest BCUT2D eigenvalue weighted by molar-refractivity contribution is 6.10. The van der Waals surface area contributed by atoms with Gasteiger partial charge in [-0.3, -0.25) is 0 Å². The lowest BCUT2D eigenvalue weighted by Crippen LogP contribution is -1.93. The van der Waals surface area contributed by atoms with Crippen molar-refractivity contribution in [2.75, 3.05) is 0 Å². The summed E-state index contributed by atoms with van der Waals surface area (Å²) in [5.74, 6) is 0. The van der Waals surface area contributed by atoms with Gasteiger partial charge in [-0.05, 0) is 71.5 Å². The lowest BCUT2D eigenvalue weighted by atomic mass is 9.93. The number of nitrogens with zero attached hydrogens (tertiary/aromatic N) is 1. The molecule has 0 amide bonds. The Morgan fingerprint density at radius 2 is 1.09 bits per heavy atom. The molecule has 0 atom stereocenters. The Morgan fingerprint density at radius 3 is 1.91 bits per heavy atom. The van der Waals surface area contributed by atoms with Gasteiger partial charge in [0, 0.05) is 16.5 Å². The number of fused-ring (bicyclic) bond motifs is 3. The van der Waals surface area contributed by atoms with E-state index in [0.29, 0.717) is 0 Å². The SMILES string of the molecule is Cc1ccccc1-c1ccc(-c2ccc3c4ccccc4n(-c4ccccc4)c3c2)cc1C. The number of benzene rings is 5. The fourth-order valence-electron chi connectivity index (χ4n) is 5.03. The van der Waals surface area contributed by atoms with Crippen molar-refractivity contribution in [3.05, 3.63) is 126 Å². The zero-order valence-corrected chi connectivity index (χ0v) is 18.9. The Morgan fingerprint density at radius 1 is 0.455 bits per heavy atom. The molecule has 33 heavy (non-hydrogen) atoms. The number of hydrogen-bond acceptors (Lipinski definition) is 0. The van der Waals surface area contributed by atoms with Crippen molar-refractivity contribution in [2.24, 2.45) is 0 Å². The monoisotopic (exact) mass is 423 g/mol. The van der Waals surface area contributed by atoms with Gasteiger partial charge in [-0.25, -0.2) is 0 Å². The lowest BCUT2D eigenvalue weighted by Gasteiger charge is -2.12. The van der Waals surface area contributed by atoms with Gasteiger partial charge in [0.25, 0.3) is 0 Å². The minimum absolute atomic E-state index is 1.19. The van der Waals surface area contributed by atoms with Gasteiger partial charge in [0.15, 0.2) is 0 Å². The van der Waals surface area contributed by atoms with Gasteiger partial charge in [0.05, 0.1) is 11.0 Å². The first-order valence-corrected chi connectivity index (χ1v) is 11.5. The number of aryl methyl sites for hydroxylation is 2. The number of rotatable bonds is 3. The van der Waals surface area contributed by atoms with Crippen molar-refractivity contribution in [3.8, 4) is 27.9 Å². The van der Waals surface area contributed by atoms with Crippen LogP contribution in [0.2, 0.25) is 0 Å². The maximum Gasteiger partial charge on any atom is 0.0547 e. The second kappa shape index (κ2) is 7.79. The molecule has 0 spiro atoms. The summed E-state index contributed by atoms with van der Waals surface area (Å²) in [4.78, 5) is 0. The van der Waals surface area contributed by atoms with Crippen LogP contribution >= 0.6 is 0 Å². The van der Waals surface area contributed by atoms with Crippen LogP contribution in [0.25, 0.3) is 49.7 Å². The van der Waals surface area contributed by atoms with Crippen molar-refractivity contribution in [1.82, 2.24) is 4.57 Å². The first kappa shape index (κ1) is 19.6. The zero-order chi connectivity index (χ0) is 22.4. The number of para-hydroxylation sites is 2. The predicted octanol–water partition coefficient (Wildman–Crippen LogP) is 8.73. The standard InChI is InChI=1S/C32H25N/c1-22-10-6-7-13-27(22)28-18-16-24(20-23(28)2)25-17-19-30-29-14-8-9-15-31(29)33(32(30)21-25)26-11-4-3-5-12-26/h3-21H,1-2H3. The van der Waals surface area contributed by atoms with Crippen molar-refractivity contribution in [2.45, 2.75) is 13.8 Å². The second-order valence-corrected chi connectivity index (χ2v) is 8.76. The Kier molecular flexibility index (Phi) is 4.62. The van der Waals surface area contributed by atoms with Crippen LogP contribution in [0.3, 0.4) is 0 Å². The molecule has 0 unspecified atom stereocenters. The van der Waals surface area contributed by atoms with E-state index in [2.05, 4.69) is 134 Å². The Balaban J connectivity index is 1.54. The van der Waals surface area contributed by atoms with E-state index >= 15 is 0 Å². The maximum absolute atomic E-state index is 2.38. The van der Waals surface area contributed by atoms with Crippen LogP contribution in [0.1, 0.15) is 11.1 Å². The van der Waals surface area contributed by atoms with Gasteiger partial charge in [-0.15, -0.1) is 0 Å². The highest BCUT2D eigenvalue weighted by Crippen LogP contribution is 2.36. The van der Waals surface area contributed by atoms with Gasteiger partial charge in [0.1, 0.15) is 0 Å². The minimum Gasteiger partial charge on any atom is -0.309 e. The summed E-state index contributed by atoms with van der Waals surface area (Å²) >= 11 is 0. The molecule has 5 aromatic carbocycles. The fourth-order valence-corrected chi connectivity index (χ4v) is 5.03. The third-order valence-corrected chi connectivity index (χ3v) is 6.68. The fraction of sp³-hybridized carbons (Fsp3) is 0.0625. The second-order valence-electron chi connectivity index (χ2n) is 8.76. The molecular weight excluding hydrogens is 398 g/mol. The highest BCUT2D eigenvalue weighted by atomic mass is 15.0. The molecule has 0 aliphatic rings. The van der Waals surface area contributed by atoms with Gasteiger partial charge in [-0.2, -0.15) is 0 Å². The maximum atomic E-state index is 2.38. The van der Waals surface area contributed by atoms with Gasteiger partial charge in [-0.1, -0.05) is 91.0 Å². The van der Waals surface area contributed by atoms with Crippen molar-refractivity contribution in [1.29, 1.82) is 0 Å². The summed E-state index contributed by atoms with van der Waals surface area (Å²) < 4.78 is 2.38. The van der Waals surface area contributed by atoms with E-state index in [4.69, 9.17) is 0 Å². The molecule has 0 bridgehead atoms. The average Bonchev–Trinajstić information content (AvgIpc) is 3.19. The van der Waals surface area contributed by atoms with Crippen LogP contribution in [-0.2, 0) is 0 Å². The summed E-state index contributed by atoms with van der Waals surface area (Å²) in [5, 5.41) is 2.57. The molecule has 1 nitrogen and oxygen atoms in total. The van der Waals surface area contributed by atoms with Crippen LogP contribution in [0.5, 0.6) is 0 Å². The van der Waals surface area contributed by atoms with Gasteiger partial charge < -0.3 is 4.57 Å². The summed E-state index contributed by atoms with van der Waals surface area (Å²) in [6.45, 7) is 4.39. The first-order chi connectivity index (χ1) is 16.2. The molecule has 1 aromatic heterocycles. The van der Waals surface area contributed by atoms with Crippen molar-refractivity contribution >= 4 is 21.8 Å². The molecule has 0 fully saturated rings. The van der Waals surface area contributed by atoms with E-state index in [0.717, 1.165) is 0 Å². The van der Waals surface area contributed by atoms with Crippen LogP contribution in [0, 0.1) is 13.8 Å². The molecule has 1 heteroatoms. The van der Waals surface area contributed by atoms with E-state index in [1.54, 1.807) is 0 Å². The third-order valence-electron chi connectivity index (χ3n) is 6.68. The predicted molar refractivity (Wildman–Crippen MR) is 141 cm³/mol. The Bertz CT molecular complexity index is 1620. The van der Waals surface area contributed by atoms with Crippen LogP contribution in [0.15, 0.2) is 115 Å². The molecule has 6 rings (SSSR count). The highest BCUT2D eigenvalue weighted by Gasteiger charge is 2.13. The average molecular weight is 424 g/mol. The van der Waals surface area contributed by atoms with Crippen LogP contribution < -0.4 is 0 Å². The molecular formula is C32H25N. The summed E-state index contributed by atoms with van der Waals surface area (Å²) in [6, 6.07) is 41.6. The normalized spacial score (nSPS) is 11.3. The van der Waals surface area contributed by atoms with E-state index in [-0.39, 0.29) is 0 Å². The molecule has 0 aliphatic heterocycles. The molecule has 0 radical (unpaired) electrons. The van der Waals surface area contributed by atoms with Gasteiger partial charge in [0.2, 0.25) is 0 Å². The molecule has 6 aromatic rings. The molecule has 158 valence electrons. The topological polar surface area (TPSA) is 4.93 Å².